The number of nitrogens with one attached hydrogen (secondary N) is 1. The van der Waals surface area contributed by atoms with Crippen LogP contribution in [0.4, 0.5) is 5.13 Å². The molecule has 3 aromatic rings. The van der Waals surface area contributed by atoms with Gasteiger partial charge in [-0.1, -0.05) is 35.1 Å². The van der Waals surface area contributed by atoms with Gasteiger partial charge < -0.3 is 14.8 Å². The highest BCUT2D eigenvalue weighted by Crippen LogP contribution is 2.32. The number of carbonyl (C=O) groups excluding carboxylic acids is 1. The van der Waals surface area contributed by atoms with Gasteiger partial charge in [0.1, 0.15) is 18.7 Å². The van der Waals surface area contributed by atoms with Gasteiger partial charge in [0.2, 0.25) is 5.91 Å². The van der Waals surface area contributed by atoms with Crippen LogP contribution in [-0.2, 0) is 11.2 Å². The molecule has 0 aliphatic carbocycles. The van der Waals surface area contributed by atoms with Crippen LogP contribution in [0.2, 0.25) is 5.02 Å². The minimum atomic E-state index is -0.137. The Labute approximate surface area is 147 Å². The van der Waals surface area contributed by atoms with Crippen molar-refractivity contribution in [2.75, 3.05) is 18.5 Å². The SMILES string of the molecule is O=C(Cc1ccc2c(c1)OCCO2)Nc1nc2c(Cl)cccc2s1. The van der Waals surface area contributed by atoms with E-state index in [4.69, 9.17) is 21.1 Å². The highest BCUT2D eigenvalue weighted by atomic mass is 35.5. The molecular weight excluding hydrogens is 348 g/mol. The topological polar surface area (TPSA) is 60.5 Å². The Hall–Kier alpha value is -2.31. The molecule has 5 nitrogen and oxygen atoms in total. The van der Waals surface area contributed by atoms with Crippen molar-refractivity contribution >= 4 is 44.2 Å². The highest BCUT2D eigenvalue weighted by molar-refractivity contribution is 7.22. The van der Waals surface area contributed by atoms with Crippen molar-refractivity contribution in [2.24, 2.45) is 0 Å². The first-order valence-electron chi connectivity index (χ1n) is 7.42. The smallest absolute Gasteiger partial charge is 0.230 e. The van der Waals surface area contributed by atoms with Crippen molar-refractivity contribution in [1.29, 1.82) is 0 Å². The lowest BCUT2D eigenvalue weighted by atomic mass is 10.1. The van der Waals surface area contributed by atoms with Crippen LogP contribution in [0.5, 0.6) is 11.5 Å². The van der Waals surface area contributed by atoms with Crippen molar-refractivity contribution in [3.8, 4) is 11.5 Å². The van der Waals surface area contributed by atoms with E-state index in [1.165, 1.54) is 11.3 Å². The van der Waals surface area contributed by atoms with Crippen molar-refractivity contribution in [2.45, 2.75) is 6.42 Å². The van der Waals surface area contributed by atoms with E-state index in [0.717, 1.165) is 10.3 Å². The predicted octanol–water partition coefficient (Wildman–Crippen LogP) is 3.90. The summed E-state index contributed by atoms with van der Waals surface area (Å²) in [6.07, 6.45) is 0.236. The predicted molar refractivity (Wildman–Crippen MR) is 94.4 cm³/mol. The Kier molecular flexibility index (Phi) is 4.00. The second-order valence-corrected chi connectivity index (χ2v) is 6.75. The van der Waals surface area contributed by atoms with E-state index in [0.29, 0.717) is 40.4 Å². The molecule has 122 valence electrons. The fraction of sp³-hybridized carbons (Fsp3) is 0.176. The molecule has 0 atom stereocenters. The van der Waals surface area contributed by atoms with Gasteiger partial charge in [0.05, 0.1) is 16.1 Å². The van der Waals surface area contributed by atoms with Crippen molar-refractivity contribution < 1.29 is 14.3 Å². The average molecular weight is 361 g/mol. The maximum absolute atomic E-state index is 12.3. The van der Waals surface area contributed by atoms with Crippen LogP contribution in [0, 0.1) is 0 Å². The highest BCUT2D eigenvalue weighted by Gasteiger charge is 2.14. The monoisotopic (exact) mass is 360 g/mol. The number of halogens is 1. The lowest BCUT2D eigenvalue weighted by molar-refractivity contribution is -0.115. The third-order valence-electron chi connectivity index (χ3n) is 3.59. The Bertz CT molecular complexity index is 925. The Morgan fingerprint density at radius 1 is 1.21 bits per heavy atom. The van der Waals surface area contributed by atoms with Gasteiger partial charge in [-0.15, -0.1) is 0 Å². The molecule has 1 amide bonds. The molecule has 4 rings (SSSR count). The van der Waals surface area contributed by atoms with Crippen molar-refractivity contribution in [3.05, 3.63) is 47.0 Å². The Balaban J connectivity index is 1.48. The molecule has 2 aromatic carbocycles. The van der Waals surface area contributed by atoms with Gasteiger partial charge in [0, 0.05) is 0 Å². The second-order valence-electron chi connectivity index (χ2n) is 5.31. The van der Waals surface area contributed by atoms with Gasteiger partial charge in [-0.05, 0) is 29.8 Å². The quantitative estimate of drug-likeness (QED) is 0.769. The summed E-state index contributed by atoms with van der Waals surface area (Å²) in [5.74, 6) is 1.26. The summed E-state index contributed by atoms with van der Waals surface area (Å²) in [6, 6.07) is 11.1. The minimum absolute atomic E-state index is 0.137. The van der Waals surface area contributed by atoms with Crippen molar-refractivity contribution in [3.63, 3.8) is 0 Å². The number of nitrogens with zero attached hydrogens (tertiary/aromatic N) is 1. The molecule has 0 fully saturated rings. The van der Waals surface area contributed by atoms with E-state index in [2.05, 4.69) is 10.3 Å². The number of ether oxygens (including phenoxy) is 2. The van der Waals surface area contributed by atoms with E-state index in [9.17, 15) is 4.79 Å². The second kappa shape index (κ2) is 6.30. The van der Waals surface area contributed by atoms with E-state index >= 15 is 0 Å². The van der Waals surface area contributed by atoms with Crippen LogP contribution in [0.25, 0.3) is 10.2 Å². The summed E-state index contributed by atoms with van der Waals surface area (Å²) >= 11 is 7.51. The number of aromatic nitrogens is 1. The zero-order valence-electron chi connectivity index (χ0n) is 12.5. The van der Waals surface area contributed by atoms with Gasteiger partial charge in [0.15, 0.2) is 16.6 Å². The maximum Gasteiger partial charge on any atom is 0.230 e. The van der Waals surface area contributed by atoms with E-state index in [1.54, 1.807) is 6.07 Å². The summed E-state index contributed by atoms with van der Waals surface area (Å²) in [7, 11) is 0. The zero-order valence-corrected chi connectivity index (χ0v) is 14.1. The minimum Gasteiger partial charge on any atom is -0.486 e. The molecule has 2 heterocycles. The fourth-order valence-corrected chi connectivity index (χ4v) is 3.70. The Morgan fingerprint density at radius 2 is 2.04 bits per heavy atom. The van der Waals surface area contributed by atoms with Crippen LogP contribution in [0.15, 0.2) is 36.4 Å². The Morgan fingerprint density at radius 3 is 2.88 bits per heavy atom. The number of anilines is 1. The summed E-state index contributed by atoms with van der Waals surface area (Å²) in [4.78, 5) is 16.6. The molecule has 1 aromatic heterocycles. The first kappa shape index (κ1) is 15.2. The number of rotatable bonds is 3. The van der Waals surface area contributed by atoms with Gasteiger partial charge in [0.25, 0.3) is 0 Å². The van der Waals surface area contributed by atoms with Gasteiger partial charge in [-0.3, -0.25) is 4.79 Å². The van der Waals surface area contributed by atoms with Crippen molar-refractivity contribution in [1.82, 2.24) is 4.98 Å². The first-order valence-corrected chi connectivity index (χ1v) is 8.62. The van der Waals surface area contributed by atoms with Crippen LogP contribution < -0.4 is 14.8 Å². The fourth-order valence-electron chi connectivity index (χ4n) is 2.51. The normalized spacial score (nSPS) is 13.0. The molecule has 1 aliphatic heterocycles. The number of thiazole rings is 1. The number of amides is 1. The molecule has 7 heteroatoms. The maximum atomic E-state index is 12.3. The summed E-state index contributed by atoms with van der Waals surface area (Å²) in [5.41, 5.74) is 1.56. The molecule has 0 saturated heterocycles. The number of para-hydroxylation sites is 1. The molecule has 1 N–H and O–H groups in total. The lowest BCUT2D eigenvalue weighted by Gasteiger charge is -2.18. The summed E-state index contributed by atoms with van der Waals surface area (Å²) < 4.78 is 12.0. The van der Waals surface area contributed by atoms with Crippen LogP contribution >= 0.6 is 22.9 Å². The van der Waals surface area contributed by atoms with Gasteiger partial charge >= 0.3 is 0 Å². The van der Waals surface area contributed by atoms with Gasteiger partial charge in [-0.25, -0.2) is 4.98 Å². The number of fused-ring (bicyclic) bond motifs is 2. The number of hydrogen-bond acceptors (Lipinski definition) is 5. The third kappa shape index (κ3) is 3.02. The summed E-state index contributed by atoms with van der Waals surface area (Å²) in [5, 5.41) is 3.95. The molecule has 0 unspecified atom stereocenters. The molecular formula is C17H13ClN2O3S. The first-order chi connectivity index (χ1) is 11.7. The lowest BCUT2D eigenvalue weighted by Crippen LogP contribution is -2.17. The third-order valence-corrected chi connectivity index (χ3v) is 4.83. The standard InChI is InChI=1S/C17H13ClN2O3S/c18-11-2-1-3-14-16(11)20-17(24-14)19-15(21)9-10-4-5-12-13(8-10)23-7-6-22-12/h1-5,8H,6-7,9H2,(H,19,20,21). The average Bonchev–Trinajstić information content (AvgIpc) is 2.98. The number of benzene rings is 2. The van der Waals surface area contributed by atoms with E-state index < -0.39 is 0 Å². The zero-order chi connectivity index (χ0) is 16.5. The number of hydrogen-bond donors (Lipinski definition) is 1. The van der Waals surface area contributed by atoms with Crippen LogP contribution in [0.1, 0.15) is 5.56 Å². The van der Waals surface area contributed by atoms with Crippen LogP contribution in [0.3, 0.4) is 0 Å². The molecule has 0 bridgehead atoms. The van der Waals surface area contributed by atoms with Gasteiger partial charge in [-0.2, -0.15) is 0 Å². The molecule has 0 radical (unpaired) electrons. The molecule has 1 aliphatic rings. The largest absolute Gasteiger partial charge is 0.486 e. The molecule has 0 spiro atoms. The molecule has 0 saturated carbocycles. The van der Waals surface area contributed by atoms with E-state index in [1.807, 2.05) is 30.3 Å². The van der Waals surface area contributed by atoms with Crippen LogP contribution in [-0.4, -0.2) is 24.1 Å². The number of carbonyl (C=O) groups is 1. The molecule has 24 heavy (non-hydrogen) atoms. The van der Waals surface area contributed by atoms with E-state index in [-0.39, 0.29) is 12.3 Å². The summed E-state index contributed by atoms with van der Waals surface area (Å²) in [6.45, 7) is 1.07.